The van der Waals surface area contributed by atoms with Crippen LogP contribution in [-0.4, -0.2) is 22.3 Å². The molecule has 0 aliphatic carbocycles. The van der Waals surface area contributed by atoms with E-state index in [0.717, 1.165) is 10.9 Å². The Morgan fingerprint density at radius 3 is 1.15 bits per heavy atom. The van der Waals surface area contributed by atoms with Gasteiger partial charge >= 0.3 is 0 Å². The average molecular weight is 308 g/mol. The second kappa shape index (κ2) is 18.6. The largest absolute Gasteiger partial charge is 0.356 e. The molecule has 0 heterocycles. The third-order valence-electron chi connectivity index (χ3n) is 3.11. The summed E-state index contributed by atoms with van der Waals surface area (Å²) in [7, 11) is 0.771. The number of hydrogen-bond acceptors (Lipinski definition) is 3. The molecular weight excluding hydrogens is 274 g/mol. The molecule has 0 spiro atoms. The third kappa shape index (κ3) is 22.7. The van der Waals surface area contributed by atoms with Gasteiger partial charge in [0.1, 0.15) is 17.3 Å². The van der Waals surface area contributed by atoms with Gasteiger partial charge in [-0.25, -0.2) is 0 Å². The summed E-state index contributed by atoms with van der Waals surface area (Å²) in [4.78, 5) is 8.25. The molecule has 0 saturated heterocycles. The molecule has 5 heteroatoms. The highest BCUT2D eigenvalue weighted by atomic mass is 32.2. The molecule has 0 fully saturated rings. The molecule has 0 aliphatic rings. The van der Waals surface area contributed by atoms with Crippen LogP contribution in [0, 0.1) is 15.3 Å². The Morgan fingerprint density at radius 1 is 0.700 bits per heavy atom. The highest BCUT2D eigenvalue weighted by molar-refractivity contribution is 7.96. The molecule has 0 aliphatic heterocycles. The van der Waals surface area contributed by atoms with E-state index in [1.54, 1.807) is 0 Å². The summed E-state index contributed by atoms with van der Waals surface area (Å²) in [5.74, 6) is 4.59. The van der Waals surface area contributed by atoms with Crippen LogP contribution in [0.1, 0.15) is 78.6 Å². The van der Waals surface area contributed by atoms with Crippen LogP contribution in [0.4, 0.5) is 0 Å². The summed E-state index contributed by atoms with van der Waals surface area (Å²) in [5.41, 5.74) is 0. The quantitative estimate of drug-likeness (QED) is 0.222. The van der Waals surface area contributed by atoms with E-state index in [9.17, 15) is 0 Å². The molecule has 0 amide bonds. The second-order valence-corrected chi connectivity index (χ2v) is 7.52. The van der Waals surface area contributed by atoms with Crippen molar-refractivity contribution in [2.75, 3.05) is 17.3 Å². The molecular formula is C15H33NO3S. The molecule has 20 heavy (non-hydrogen) atoms. The van der Waals surface area contributed by atoms with E-state index in [1.807, 2.05) is 0 Å². The lowest BCUT2D eigenvalue weighted by molar-refractivity contribution is -0.402. The van der Waals surface area contributed by atoms with Crippen molar-refractivity contribution in [1.82, 2.24) is 0 Å². The van der Waals surface area contributed by atoms with Crippen LogP contribution in [-0.2, 0) is 10.9 Å². The van der Waals surface area contributed by atoms with Gasteiger partial charge in [-0.2, -0.15) is 0 Å². The minimum atomic E-state index is -1.75. The number of hydrogen-bond donors (Lipinski definition) is 0. The molecule has 0 atom stereocenters. The van der Waals surface area contributed by atoms with Crippen molar-refractivity contribution >= 4 is 10.9 Å². The number of nitrogens with zero attached hydrogens (tertiary/aromatic N) is 1. The summed E-state index contributed by atoms with van der Waals surface area (Å²) in [6.07, 6.45) is 12.9. The van der Waals surface area contributed by atoms with E-state index in [4.69, 9.17) is 15.3 Å². The summed E-state index contributed by atoms with van der Waals surface area (Å²) in [6, 6.07) is 0. The van der Waals surface area contributed by atoms with Crippen molar-refractivity contribution in [1.29, 1.82) is 0 Å². The first-order valence-electron chi connectivity index (χ1n) is 8.04. The van der Waals surface area contributed by atoms with Crippen LogP contribution < -0.4 is 0 Å². The van der Waals surface area contributed by atoms with Gasteiger partial charge in [0.05, 0.1) is 5.09 Å². The van der Waals surface area contributed by atoms with Gasteiger partial charge in [0.25, 0.3) is 0 Å². The first-order chi connectivity index (χ1) is 9.58. The maximum atomic E-state index is 8.25. The van der Waals surface area contributed by atoms with Gasteiger partial charge in [0.15, 0.2) is 0 Å². The van der Waals surface area contributed by atoms with Gasteiger partial charge in [-0.3, -0.25) is 0 Å². The summed E-state index contributed by atoms with van der Waals surface area (Å²) in [6.45, 7) is 6.94. The predicted octanol–water partition coefficient (Wildman–Crippen LogP) is 4.94. The van der Waals surface area contributed by atoms with Crippen molar-refractivity contribution in [2.24, 2.45) is 0 Å². The molecule has 0 aromatic carbocycles. The molecule has 4 nitrogen and oxygen atoms in total. The highest BCUT2D eigenvalue weighted by Gasteiger charge is 2.15. The fraction of sp³-hybridized carbons (Fsp3) is 1.00. The molecule has 0 rings (SSSR count). The zero-order valence-electron chi connectivity index (χ0n) is 13.6. The standard InChI is InChI=1S/C15H33S.NO3/c1-4-7-10-13-16(14-11-8-5-2)15-12-9-6-3;2-1(3)4/h4-15H2,1-3H3;/q+1;-1. The van der Waals surface area contributed by atoms with Gasteiger partial charge in [-0.1, -0.05) is 40.0 Å². The molecule has 0 N–H and O–H groups in total. The molecule has 0 unspecified atom stereocenters. The Labute approximate surface area is 127 Å². The summed E-state index contributed by atoms with van der Waals surface area (Å²) >= 11 is 0. The van der Waals surface area contributed by atoms with Crippen molar-refractivity contribution < 1.29 is 5.09 Å². The van der Waals surface area contributed by atoms with Gasteiger partial charge < -0.3 is 15.3 Å². The van der Waals surface area contributed by atoms with Crippen LogP contribution in [0.15, 0.2) is 0 Å². The monoisotopic (exact) mass is 307 g/mol. The predicted molar refractivity (Wildman–Crippen MR) is 90.9 cm³/mol. The lowest BCUT2D eigenvalue weighted by Crippen LogP contribution is -2.16. The lowest BCUT2D eigenvalue weighted by atomic mass is 10.3. The van der Waals surface area contributed by atoms with E-state index < -0.39 is 5.09 Å². The van der Waals surface area contributed by atoms with E-state index in [1.165, 1.54) is 75.0 Å². The Bertz CT molecular complexity index is 176. The number of rotatable bonds is 12. The second-order valence-electron chi connectivity index (χ2n) is 5.07. The SMILES string of the molecule is CCCCC[S+](CCCCC)CCCCC.O=[N+]([O-])[O-]. The Kier molecular flexibility index (Phi) is 20.3. The maximum absolute atomic E-state index is 8.25. The molecule has 0 bridgehead atoms. The Hall–Kier alpha value is -0.450. The zero-order chi connectivity index (χ0) is 15.6. The third-order valence-corrected chi connectivity index (χ3v) is 5.71. The molecule has 122 valence electrons. The minimum Gasteiger partial charge on any atom is -0.356 e. The summed E-state index contributed by atoms with van der Waals surface area (Å²) < 4.78 is 0. The van der Waals surface area contributed by atoms with Crippen LogP contribution in [0.5, 0.6) is 0 Å². The van der Waals surface area contributed by atoms with Crippen LogP contribution in [0.25, 0.3) is 0 Å². The van der Waals surface area contributed by atoms with Gasteiger partial charge in [-0.05, 0) is 49.4 Å². The van der Waals surface area contributed by atoms with Gasteiger partial charge in [-0.15, -0.1) is 0 Å². The van der Waals surface area contributed by atoms with Gasteiger partial charge in [0, 0.05) is 0 Å². The minimum absolute atomic E-state index is 0.771. The van der Waals surface area contributed by atoms with E-state index in [2.05, 4.69) is 20.8 Å². The van der Waals surface area contributed by atoms with Crippen molar-refractivity contribution in [3.05, 3.63) is 15.3 Å². The molecule has 0 saturated carbocycles. The molecule has 0 aromatic heterocycles. The van der Waals surface area contributed by atoms with E-state index in [0.29, 0.717) is 0 Å². The lowest BCUT2D eigenvalue weighted by Gasteiger charge is -2.08. The first kappa shape index (κ1) is 21.8. The van der Waals surface area contributed by atoms with Crippen LogP contribution in [0.3, 0.4) is 0 Å². The average Bonchev–Trinajstić information content (AvgIpc) is 2.38. The van der Waals surface area contributed by atoms with Crippen molar-refractivity contribution in [2.45, 2.75) is 78.6 Å². The molecule has 0 aromatic rings. The zero-order valence-corrected chi connectivity index (χ0v) is 14.4. The summed E-state index contributed by atoms with van der Waals surface area (Å²) in [5, 5.41) is 14.8. The maximum Gasteiger partial charge on any atom is 0.108 e. The first-order valence-corrected chi connectivity index (χ1v) is 9.77. The highest BCUT2D eigenvalue weighted by Crippen LogP contribution is 2.10. The van der Waals surface area contributed by atoms with E-state index in [-0.39, 0.29) is 0 Å². The van der Waals surface area contributed by atoms with Crippen LogP contribution in [0.2, 0.25) is 0 Å². The number of unbranched alkanes of at least 4 members (excludes halogenated alkanes) is 6. The fourth-order valence-electron chi connectivity index (χ4n) is 1.97. The van der Waals surface area contributed by atoms with Crippen molar-refractivity contribution in [3.8, 4) is 0 Å². The fourth-order valence-corrected chi connectivity index (χ4v) is 4.42. The Morgan fingerprint density at radius 2 is 0.950 bits per heavy atom. The van der Waals surface area contributed by atoms with Gasteiger partial charge in [0.2, 0.25) is 0 Å². The topological polar surface area (TPSA) is 66.2 Å². The van der Waals surface area contributed by atoms with Crippen LogP contribution >= 0.6 is 0 Å². The van der Waals surface area contributed by atoms with E-state index >= 15 is 0 Å². The Balaban J connectivity index is 0. The smallest absolute Gasteiger partial charge is 0.108 e. The normalized spacial score (nSPS) is 10.2. The molecule has 0 radical (unpaired) electrons. The van der Waals surface area contributed by atoms with Crippen molar-refractivity contribution in [3.63, 3.8) is 0 Å².